The van der Waals surface area contributed by atoms with Gasteiger partial charge in [-0.3, -0.25) is 4.98 Å². The molecular weight excluding hydrogens is 426 g/mol. The van der Waals surface area contributed by atoms with Crippen LogP contribution < -0.4 is 4.90 Å². The molecule has 0 bridgehead atoms. The number of pyridine rings is 1. The second kappa shape index (κ2) is 8.19. The maximum Gasteiger partial charge on any atom is 0.175 e. The summed E-state index contributed by atoms with van der Waals surface area (Å²) in [5.74, 6) is 0.0727. The number of fused-ring (bicyclic) bond motifs is 2. The number of aliphatic hydroxyl groups excluding tert-OH is 1. The quantitative estimate of drug-likeness (QED) is 0.476. The van der Waals surface area contributed by atoms with Gasteiger partial charge in [0, 0.05) is 37.4 Å². The second-order valence-corrected chi connectivity index (χ2v) is 8.53. The van der Waals surface area contributed by atoms with Crippen LogP contribution in [0.15, 0.2) is 30.5 Å². The predicted octanol–water partition coefficient (Wildman–Crippen LogP) is 4.52. The molecule has 1 aliphatic rings. The molecule has 2 N–H and O–H groups in total. The SMILES string of the molecule is CCc1c(F)ccc2cc(O)cc(-c3ncc4c(N5CC[C@H](CO)C5)nc(C)nc4c3F)c12. The van der Waals surface area contributed by atoms with E-state index in [1.807, 2.05) is 11.8 Å². The molecule has 1 saturated heterocycles. The van der Waals surface area contributed by atoms with Crippen LogP contribution in [0.4, 0.5) is 14.6 Å². The highest BCUT2D eigenvalue weighted by atomic mass is 19.1. The summed E-state index contributed by atoms with van der Waals surface area (Å²) >= 11 is 0. The average Bonchev–Trinajstić information content (AvgIpc) is 3.28. The Kier molecular flexibility index (Phi) is 5.32. The van der Waals surface area contributed by atoms with E-state index in [4.69, 9.17) is 0 Å². The maximum atomic E-state index is 16.0. The number of hydrogen-bond acceptors (Lipinski definition) is 6. The van der Waals surface area contributed by atoms with Gasteiger partial charge in [0.25, 0.3) is 0 Å². The molecule has 0 amide bonds. The Bertz CT molecular complexity index is 1390. The third-order valence-corrected chi connectivity index (χ3v) is 6.38. The van der Waals surface area contributed by atoms with Crippen molar-refractivity contribution in [3.8, 4) is 17.0 Å². The fourth-order valence-corrected chi connectivity index (χ4v) is 4.79. The zero-order chi connectivity index (χ0) is 23.3. The van der Waals surface area contributed by atoms with Gasteiger partial charge in [0.15, 0.2) is 5.82 Å². The number of aromatic nitrogens is 3. The van der Waals surface area contributed by atoms with Crippen molar-refractivity contribution in [3.05, 3.63) is 53.5 Å². The zero-order valence-electron chi connectivity index (χ0n) is 18.4. The number of anilines is 1. The van der Waals surface area contributed by atoms with Crippen LogP contribution in [0.25, 0.3) is 32.9 Å². The third-order valence-electron chi connectivity index (χ3n) is 6.38. The molecule has 2 aromatic carbocycles. The average molecular weight is 450 g/mol. The van der Waals surface area contributed by atoms with E-state index >= 15 is 4.39 Å². The summed E-state index contributed by atoms with van der Waals surface area (Å²) in [5.41, 5.74) is 0.888. The summed E-state index contributed by atoms with van der Waals surface area (Å²) in [7, 11) is 0. The van der Waals surface area contributed by atoms with Crippen LogP contribution in [0.1, 0.15) is 24.7 Å². The molecule has 170 valence electrons. The Hall–Kier alpha value is -3.39. The molecule has 1 aliphatic heterocycles. The summed E-state index contributed by atoms with van der Waals surface area (Å²) in [6.45, 7) is 4.96. The Balaban J connectivity index is 1.75. The number of hydrogen-bond donors (Lipinski definition) is 2. The lowest BCUT2D eigenvalue weighted by molar-refractivity contribution is 0.238. The minimum absolute atomic E-state index is 0.00223. The topological polar surface area (TPSA) is 82.4 Å². The van der Waals surface area contributed by atoms with Gasteiger partial charge in [-0.05, 0) is 54.3 Å². The second-order valence-electron chi connectivity index (χ2n) is 8.53. The van der Waals surface area contributed by atoms with E-state index < -0.39 is 5.82 Å². The Morgan fingerprint density at radius 1 is 1.18 bits per heavy atom. The Morgan fingerprint density at radius 3 is 2.73 bits per heavy atom. The molecule has 5 rings (SSSR count). The van der Waals surface area contributed by atoms with Crippen molar-refractivity contribution >= 4 is 27.5 Å². The molecule has 0 saturated carbocycles. The third kappa shape index (κ3) is 3.54. The van der Waals surface area contributed by atoms with Crippen molar-refractivity contribution < 1.29 is 19.0 Å². The number of halogens is 2. The van der Waals surface area contributed by atoms with Gasteiger partial charge in [-0.1, -0.05) is 13.0 Å². The summed E-state index contributed by atoms with van der Waals surface area (Å²) < 4.78 is 30.5. The van der Waals surface area contributed by atoms with E-state index in [1.165, 1.54) is 24.4 Å². The molecule has 4 aromatic rings. The van der Waals surface area contributed by atoms with E-state index in [9.17, 15) is 14.6 Å². The first-order chi connectivity index (χ1) is 15.9. The minimum atomic E-state index is -0.643. The summed E-state index contributed by atoms with van der Waals surface area (Å²) in [6.07, 6.45) is 2.77. The van der Waals surface area contributed by atoms with E-state index in [2.05, 4.69) is 15.0 Å². The van der Waals surface area contributed by atoms with Gasteiger partial charge in [0.05, 0.1) is 5.39 Å². The first kappa shape index (κ1) is 21.5. The van der Waals surface area contributed by atoms with Crippen LogP contribution in [0.5, 0.6) is 5.75 Å². The lowest BCUT2D eigenvalue weighted by atomic mass is 9.94. The van der Waals surface area contributed by atoms with E-state index in [0.29, 0.717) is 58.4 Å². The zero-order valence-corrected chi connectivity index (χ0v) is 18.4. The number of aromatic hydroxyl groups is 1. The molecule has 0 radical (unpaired) electrons. The number of phenols is 1. The predicted molar refractivity (Wildman–Crippen MR) is 123 cm³/mol. The number of phenolic OH excluding ortho intramolecular Hbond substituents is 1. The lowest BCUT2D eigenvalue weighted by Crippen LogP contribution is -2.22. The maximum absolute atomic E-state index is 16.0. The molecule has 1 fully saturated rings. The first-order valence-electron chi connectivity index (χ1n) is 11.0. The van der Waals surface area contributed by atoms with E-state index in [-0.39, 0.29) is 35.3 Å². The van der Waals surface area contributed by atoms with Gasteiger partial charge >= 0.3 is 0 Å². The highest BCUT2D eigenvalue weighted by Crippen LogP contribution is 2.39. The molecule has 2 aromatic heterocycles. The van der Waals surface area contributed by atoms with Gasteiger partial charge in [0.2, 0.25) is 0 Å². The molecule has 8 heteroatoms. The highest BCUT2D eigenvalue weighted by Gasteiger charge is 2.27. The highest BCUT2D eigenvalue weighted by molar-refractivity contribution is 6.01. The Labute approximate surface area is 189 Å². The van der Waals surface area contributed by atoms with Crippen molar-refractivity contribution in [2.75, 3.05) is 24.6 Å². The minimum Gasteiger partial charge on any atom is -0.508 e. The van der Waals surface area contributed by atoms with Crippen molar-refractivity contribution in [3.63, 3.8) is 0 Å². The number of aryl methyl sites for hydroxylation is 2. The number of aliphatic hydroxyl groups is 1. The monoisotopic (exact) mass is 450 g/mol. The van der Waals surface area contributed by atoms with Crippen LogP contribution in [-0.2, 0) is 6.42 Å². The van der Waals surface area contributed by atoms with Gasteiger partial charge in [-0.2, -0.15) is 0 Å². The molecule has 0 unspecified atom stereocenters. The van der Waals surface area contributed by atoms with Crippen LogP contribution in [0, 0.1) is 24.5 Å². The molecule has 33 heavy (non-hydrogen) atoms. The van der Waals surface area contributed by atoms with Crippen LogP contribution >= 0.6 is 0 Å². The van der Waals surface area contributed by atoms with Crippen molar-refractivity contribution in [1.82, 2.24) is 15.0 Å². The molecule has 6 nitrogen and oxygen atoms in total. The molecule has 1 atom stereocenters. The number of nitrogens with zero attached hydrogens (tertiary/aromatic N) is 4. The van der Waals surface area contributed by atoms with Crippen molar-refractivity contribution in [1.29, 1.82) is 0 Å². The van der Waals surface area contributed by atoms with Gasteiger partial charge in [-0.25, -0.2) is 18.7 Å². The summed E-state index contributed by atoms with van der Waals surface area (Å²) in [6, 6.07) is 5.87. The largest absolute Gasteiger partial charge is 0.508 e. The van der Waals surface area contributed by atoms with Crippen LogP contribution in [0.3, 0.4) is 0 Å². The number of rotatable bonds is 4. The normalized spacial score (nSPS) is 16.3. The van der Waals surface area contributed by atoms with E-state index in [1.54, 1.807) is 13.0 Å². The molecule has 0 spiro atoms. The fourth-order valence-electron chi connectivity index (χ4n) is 4.79. The molecular formula is C25H24F2N4O2. The van der Waals surface area contributed by atoms with E-state index in [0.717, 1.165) is 6.42 Å². The number of benzene rings is 2. The lowest BCUT2D eigenvalue weighted by Gasteiger charge is -2.20. The smallest absolute Gasteiger partial charge is 0.175 e. The summed E-state index contributed by atoms with van der Waals surface area (Å²) in [4.78, 5) is 15.3. The Morgan fingerprint density at radius 2 is 2.00 bits per heavy atom. The fraction of sp³-hybridized carbons (Fsp3) is 0.320. The van der Waals surface area contributed by atoms with Crippen LogP contribution in [-0.4, -0.2) is 44.9 Å². The standard InChI is InChI=1S/C25H24F2N4O2/c1-3-17-20(26)5-4-15-8-16(33)9-18(21(15)17)23-22(27)24-19(10-28-23)25(30-13(2)29-24)31-7-6-14(11-31)12-32/h4-5,8-10,14,32-33H,3,6-7,11-12H2,1-2H3/t14-/m0/s1. The molecule has 0 aliphatic carbocycles. The summed E-state index contributed by atoms with van der Waals surface area (Å²) in [5, 5.41) is 21.4. The van der Waals surface area contributed by atoms with Crippen molar-refractivity contribution in [2.45, 2.75) is 26.7 Å². The van der Waals surface area contributed by atoms with Gasteiger partial charge in [-0.15, -0.1) is 0 Å². The van der Waals surface area contributed by atoms with Gasteiger partial charge in [0.1, 0.15) is 34.4 Å². The van der Waals surface area contributed by atoms with Gasteiger partial charge < -0.3 is 15.1 Å². The van der Waals surface area contributed by atoms with Crippen LogP contribution in [0.2, 0.25) is 0 Å². The van der Waals surface area contributed by atoms with Crippen molar-refractivity contribution in [2.24, 2.45) is 5.92 Å². The molecule has 3 heterocycles. The first-order valence-corrected chi connectivity index (χ1v) is 11.0.